The number of fused-ring (bicyclic) bond motifs is 1. The molecule has 1 fully saturated rings. The van der Waals surface area contributed by atoms with Crippen LogP contribution in [0.2, 0.25) is 0 Å². The molecular weight excluding hydrogens is 483 g/mol. The molecule has 1 saturated heterocycles. The molecule has 1 atom stereocenters. The topological polar surface area (TPSA) is 67.7 Å². The maximum absolute atomic E-state index is 14.4. The number of rotatable bonds is 5. The van der Waals surface area contributed by atoms with Crippen molar-refractivity contribution in [3.05, 3.63) is 59.3 Å². The van der Waals surface area contributed by atoms with Crippen molar-refractivity contribution in [1.29, 1.82) is 0 Å². The first-order valence-corrected chi connectivity index (χ1v) is 13.2. The quantitative estimate of drug-likeness (QED) is 0.404. The van der Waals surface area contributed by atoms with Crippen LogP contribution in [0.15, 0.2) is 36.8 Å². The number of likely N-dealkylation sites (tertiary alicyclic amines) is 1. The zero-order valence-corrected chi connectivity index (χ0v) is 23.8. The maximum atomic E-state index is 14.4. The lowest BCUT2D eigenvalue weighted by Crippen LogP contribution is -2.36. The lowest BCUT2D eigenvalue weighted by molar-refractivity contribution is 0.0275. The third-order valence-electron chi connectivity index (χ3n) is 7.35. The van der Waals surface area contributed by atoms with Gasteiger partial charge in [0.05, 0.1) is 23.0 Å². The Morgan fingerprint density at radius 3 is 2.61 bits per heavy atom. The van der Waals surface area contributed by atoms with Gasteiger partial charge in [0.15, 0.2) is 0 Å². The largest absolute Gasteiger partial charge is 0.444 e. The Balaban J connectivity index is 1.74. The van der Waals surface area contributed by atoms with Crippen LogP contribution < -0.4 is 0 Å². The smallest absolute Gasteiger partial charge is 0.410 e. The number of nitrogens with zero attached hydrogens (tertiary/aromatic N) is 4. The molecule has 38 heavy (non-hydrogen) atoms. The molecule has 8 heteroatoms. The molecule has 1 aromatic carbocycles. The van der Waals surface area contributed by atoms with Gasteiger partial charge in [-0.15, -0.1) is 0 Å². The summed E-state index contributed by atoms with van der Waals surface area (Å²) in [6.07, 6.45) is 6.97. The van der Waals surface area contributed by atoms with Gasteiger partial charge in [0.2, 0.25) is 0 Å². The lowest BCUT2D eigenvalue weighted by atomic mass is 9.82. The lowest BCUT2D eigenvalue weighted by Gasteiger charge is -2.27. The standard InChI is InChI=1S/C30H39FN4O3/c1-19(2)33(8)27(36)23-13-22(31)9-10-24(23)35-17-21(26-20(3)15-32-16-25(26)35)14-30(7)11-12-34(18-30)28(37)38-29(4,5)6/h9-10,13,15-17,19H,11-12,14,18H2,1-8H3. The highest BCUT2D eigenvalue weighted by atomic mass is 19.1. The van der Waals surface area contributed by atoms with Crippen molar-refractivity contribution in [2.24, 2.45) is 5.41 Å². The summed E-state index contributed by atoms with van der Waals surface area (Å²) < 4.78 is 21.9. The summed E-state index contributed by atoms with van der Waals surface area (Å²) in [5.74, 6) is -0.699. The van der Waals surface area contributed by atoms with E-state index >= 15 is 0 Å². The Morgan fingerprint density at radius 2 is 1.95 bits per heavy atom. The van der Waals surface area contributed by atoms with Crippen LogP contribution in [-0.2, 0) is 11.2 Å². The van der Waals surface area contributed by atoms with Crippen molar-refractivity contribution < 1.29 is 18.7 Å². The third kappa shape index (κ3) is 5.54. The number of pyridine rings is 1. The summed E-state index contributed by atoms with van der Waals surface area (Å²) in [7, 11) is 1.73. The second-order valence-corrected chi connectivity index (χ2v) is 12.2. The summed E-state index contributed by atoms with van der Waals surface area (Å²) in [5, 5.41) is 1.07. The van der Waals surface area contributed by atoms with Crippen molar-refractivity contribution in [2.45, 2.75) is 73.0 Å². The Labute approximate surface area is 224 Å². The van der Waals surface area contributed by atoms with Crippen molar-refractivity contribution >= 4 is 22.9 Å². The van der Waals surface area contributed by atoms with Crippen molar-refractivity contribution in [2.75, 3.05) is 20.1 Å². The van der Waals surface area contributed by atoms with Crippen LogP contribution in [0.4, 0.5) is 9.18 Å². The highest BCUT2D eigenvalue weighted by Crippen LogP contribution is 2.38. The molecule has 4 rings (SSSR count). The summed E-state index contributed by atoms with van der Waals surface area (Å²) in [6.45, 7) is 14.9. The molecule has 3 heterocycles. The highest BCUT2D eigenvalue weighted by molar-refractivity contribution is 5.99. The van der Waals surface area contributed by atoms with Gasteiger partial charge in [-0.2, -0.15) is 0 Å². The number of halogens is 1. The third-order valence-corrected chi connectivity index (χ3v) is 7.35. The van der Waals surface area contributed by atoms with Gasteiger partial charge in [-0.1, -0.05) is 6.92 Å². The van der Waals surface area contributed by atoms with Gasteiger partial charge in [0, 0.05) is 44.0 Å². The number of amides is 2. The van der Waals surface area contributed by atoms with Gasteiger partial charge >= 0.3 is 6.09 Å². The predicted molar refractivity (Wildman–Crippen MR) is 147 cm³/mol. The maximum Gasteiger partial charge on any atom is 0.410 e. The minimum Gasteiger partial charge on any atom is -0.444 e. The average molecular weight is 523 g/mol. The average Bonchev–Trinajstić information content (AvgIpc) is 3.38. The number of carbonyl (C=O) groups excluding carboxylic acids is 2. The minimum absolute atomic E-state index is 0.0327. The summed E-state index contributed by atoms with van der Waals surface area (Å²) >= 11 is 0. The fraction of sp³-hybridized carbons (Fsp3) is 0.500. The molecule has 0 aliphatic carbocycles. The van der Waals surface area contributed by atoms with Gasteiger partial charge in [-0.25, -0.2) is 9.18 Å². The second kappa shape index (κ2) is 10.0. The van der Waals surface area contributed by atoms with Gasteiger partial charge in [0.25, 0.3) is 5.91 Å². The van der Waals surface area contributed by atoms with E-state index in [0.29, 0.717) is 24.3 Å². The number of ether oxygens (including phenoxy) is 1. The Morgan fingerprint density at radius 1 is 1.24 bits per heavy atom. The van der Waals surface area contributed by atoms with Crippen molar-refractivity contribution in [3.63, 3.8) is 0 Å². The molecule has 3 aromatic rings. The van der Waals surface area contributed by atoms with E-state index in [9.17, 15) is 14.0 Å². The zero-order chi connectivity index (χ0) is 28.0. The van der Waals surface area contributed by atoms with E-state index in [0.717, 1.165) is 34.9 Å². The highest BCUT2D eigenvalue weighted by Gasteiger charge is 2.38. The molecule has 1 unspecified atom stereocenters. The number of aromatic nitrogens is 2. The Hall–Kier alpha value is -3.42. The summed E-state index contributed by atoms with van der Waals surface area (Å²) in [5.41, 5.74) is 3.21. The second-order valence-electron chi connectivity index (χ2n) is 12.2. The van der Waals surface area contributed by atoms with E-state index in [4.69, 9.17) is 4.74 Å². The Bertz CT molecular complexity index is 1370. The molecule has 1 aliphatic rings. The van der Waals surface area contributed by atoms with E-state index in [1.165, 1.54) is 12.1 Å². The van der Waals surface area contributed by atoms with Crippen LogP contribution in [0.25, 0.3) is 16.6 Å². The van der Waals surface area contributed by atoms with E-state index in [1.807, 2.05) is 58.5 Å². The summed E-state index contributed by atoms with van der Waals surface area (Å²) in [6, 6.07) is 4.31. The number of carbonyl (C=O) groups is 2. The fourth-order valence-electron chi connectivity index (χ4n) is 5.20. The van der Waals surface area contributed by atoms with E-state index < -0.39 is 11.4 Å². The normalized spacial score (nSPS) is 17.9. The molecule has 0 saturated carbocycles. The van der Waals surface area contributed by atoms with Crippen molar-refractivity contribution in [3.8, 4) is 5.69 Å². The fourth-order valence-corrected chi connectivity index (χ4v) is 5.20. The first-order chi connectivity index (χ1) is 17.7. The first-order valence-electron chi connectivity index (χ1n) is 13.2. The number of aryl methyl sites for hydroxylation is 1. The van der Waals surface area contributed by atoms with E-state index in [1.54, 1.807) is 29.1 Å². The monoisotopic (exact) mass is 522 g/mol. The van der Waals surface area contributed by atoms with Crippen molar-refractivity contribution in [1.82, 2.24) is 19.4 Å². The molecule has 1 aliphatic heterocycles. The van der Waals surface area contributed by atoms with Crippen LogP contribution in [-0.4, -0.2) is 63.1 Å². The van der Waals surface area contributed by atoms with Gasteiger partial charge < -0.3 is 19.1 Å². The molecule has 0 bridgehead atoms. The van der Waals surface area contributed by atoms with Gasteiger partial charge in [0.1, 0.15) is 11.4 Å². The van der Waals surface area contributed by atoms with E-state index in [-0.39, 0.29) is 23.5 Å². The summed E-state index contributed by atoms with van der Waals surface area (Å²) in [4.78, 5) is 33.9. The number of hydrogen-bond donors (Lipinski definition) is 0. The molecule has 204 valence electrons. The Kier molecular flexibility index (Phi) is 7.30. The molecule has 2 aromatic heterocycles. The SMILES string of the molecule is Cc1cncc2c1c(CC1(C)CCN(C(=O)OC(C)(C)C)C1)cn2-c1ccc(F)cc1C(=O)N(C)C(C)C. The predicted octanol–water partition coefficient (Wildman–Crippen LogP) is 6.14. The molecule has 2 amide bonds. The van der Waals surface area contributed by atoms with Gasteiger partial charge in [-0.3, -0.25) is 9.78 Å². The van der Waals surface area contributed by atoms with Crippen LogP contribution >= 0.6 is 0 Å². The van der Waals surface area contributed by atoms with Crippen LogP contribution in [0, 0.1) is 18.2 Å². The van der Waals surface area contributed by atoms with E-state index in [2.05, 4.69) is 11.9 Å². The minimum atomic E-state index is -0.540. The zero-order valence-electron chi connectivity index (χ0n) is 23.8. The van der Waals surface area contributed by atoms with Crippen LogP contribution in [0.1, 0.15) is 69.4 Å². The van der Waals surface area contributed by atoms with Crippen LogP contribution in [0.3, 0.4) is 0 Å². The molecular formula is C30H39FN4O3. The molecule has 0 spiro atoms. The molecule has 0 radical (unpaired) electrons. The number of hydrogen-bond acceptors (Lipinski definition) is 4. The number of benzene rings is 1. The van der Waals surface area contributed by atoms with Gasteiger partial charge in [-0.05, 0) is 89.1 Å². The molecule has 7 nitrogen and oxygen atoms in total. The molecule has 0 N–H and O–H groups in total. The first kappa shape index (κ1) is 27.6. The van der Waals surface area contributed by atoms with Crippen LogP contribution in [0.5, 0.6) is 0 Å².